The van der Waals surface area contributed by atoms with Crippen molar-refractivity contribution in [3.63, 3.8) is 0 Å². The highest BCUT2D eigenvalue weighted by atomic mass is 16.5. The van der Waals surface area contributed by atoms with Crippen LogP contribution in [0.4, 0.5) is 0 Å². The van der Waals surface area contributed by atoms with Gasteiger partial charge >= 0.3 is 0 Å². The fourth-order valence-electron chi connectivity index (χ4n) is 2.72. The molecule has 1 aromatic carbocycles. The van der Waals surface area contributed by atoms with Crippen LogP contribution in [0.1, 0.15) is 31.7 Å². The molecule has 1 amide bonds. The van der Waals surface area contributed by atoms with Crippen molar-refractivity contribution < 1.29 is 9.53 Å². The minimum Gasteiger partial charge on any atom is -0.484 e. The van der Waals surface area contributed by atoms with Crippen molar-refractivity contribution in [3.8, 4) is 5.75 Å². The van der Waals surface area contributed by atoms with Gasteiger partial charge < -0.3 is 15.4 Å². The van der Waals surface area contributed by atoms with Crippen LogP contribution in [0.15, 0.2) is 24.3 Å². The summed E-state index contributed by atoms with van der Waals surface area (Å²) < 4.78 is 5.63. The molecule has 0 bridgehead atoms. The molecular formula is C18H29N3O2. The molecule has 0 spiro atoms. The molecule has 0 saturated carbocycles. The highest BCUT2D eigenvalue weighted by Gasteiger charge is 2.20. The Labute approximate surface area is 139 Å². The summed E-state index contributed by atoms with van der Waals surface area (Å²) in [6.45, 7) is 9.59. The molecule has 1 fully saturated rings. The second kappa shape index (κ2) is 8.89. The van der Waals surface area contributed by atoms with Gasteiger partial charge in [0.15, 0.2) is 6.61 Å². The van der Waals surface area contributed by atoms with Crippen molar-refractivity contribution in [2.45, 2.75) is 26.2 Å². The van der Waals surface area contributed by atoms with Gasteiger partial charge in [-0.25, -0.2) is 0 Å². The van der Waals surface area contributed by atoms with E-state index in [9.17, 15) is 4.79 Å². The van der Waals surface area contributed by atoms with Gasteiger partial charge in [-0.3, -0.25) is 9.69 Å². The standard InChI is InChI=1S/C18H29N3O2/c1-15(2)16-4-6-17(7-5-16)23-14-18(22)21-12-10-20(11-13-21)9-3-8-19/h4-7,15H,3,8-14,19H2,1-2H3. The number of nitrogens with two attached hydrogens (primary N) is 1. The Balaban J connectivity index is 1.73. The zero-order valence-corrected chi connectivity index (χ0v) is 14.3. The molecule has 0 atom stereocenters. The minimum atomic E-state index is 0.0661. The average molecular weight is 319 g/mol. The normalized spacial score (nSPS) is 15.9. The van der Waals surface area contributed by atoms with E-state index in [1.807, 2.05) is 17.0 Å². The third kappa shape index (κ3) is 5.52. The summed E-state index contributed by atoms with van der Waals surface area (Å²) in [4.78, 5) is 16.5. The van der Waals surface area contributed by atoms with E-state index in [1.54, 1.807) is 0 Å². The Hall–Kier alpha value is -1.59. The van der Waals surface area contributed by atoms with Crippen LogP contribution in [-0.4, -0.2) is 61.6 Å². The first-order valence-corrected chi connectivity index (χ1v) is 8.53. The molecule has 23 heavy (non-hydrogen) atoms. The maximum atomic E-state index is 12.2. The van der Waals surface area contributed by atoms with Crippen LogP contribution in [0.5, 0.6) is 5.75 Å². The number of benzene rings is 1. The summed E-state index contributed by atoms with van der Waals surface area (Å²) in [6, 6.07) is 7.99. The number of carbonyl (C=O) groups excluding carboxylic acids is 1. The molecule has 1 saturated heterocycles. The number of hydrogen-bond donors (Lipinski definition) is 1. The average Bonchev–Trinajstić information content (AvgIpc) is 2.58. The second-order valence-electron chi connectivity index (χ2n) is 6.38. The maximum absolute atomic E-state index is 12.2. The molecule has 1 aliphatic rings. The van der Waals surface area contributed by atoms with E-state index in [1.165, 1.54) is 5.56 Å². The van der Waals surface area contributed by atoms with Gasteiger partial charge in [-0.05, 0) is 43.1 Å². The van der Waals surface area contributed by atoms with Gasteiger partial charge in [0.1, 0.15) is 5.75 Å². The van der Waals surface area contributed by atoms with Gasteiger partial charge in [-0.1, -0.05) is 26.0 Å². The van der Waals surface area contributed by atoms with Gasteiger partial charge in [-0.2, -0.15) is 0 Å². The van der Waals surface area contributed by atoms with E-state index >= 15 is 0 Å². The molecule has 0 aromatic heterocycles. The molecule has 0 unspecified atom stereocenters. The van der Waals surface area contributed by atoms with Crippen molar-refractivity contribution in [1.29, 1.82) is 0 Å². The molecule has 2 rings (SSSR count). The van der Waals surface area contributed by atoms with E-state index in [4.69, 9.17) is 10.5 Å². The molecule has 0 aliphatic carbocycles. The molecule has 5 nitrogen and oxygen atoms in total. The largest absolute Gasteiger partial charge is 0.484 e. The zero-order chi connectivity index (χ0) is 16.7. The van der Waals surface area contributed by atoms with Crippen LogP contribution in [0.25, 0.3) is 0 Å². The van der Waals surface area contributed by atoms with Crippen LogP contribution in [0.2, 0.25) is 0 Å². The number of piperazine rings is 1. The number of amides is 1. The third-order valence-corrected chi connectivity index (χ3v) is 4.31. The van der Waals surface area contributed by atoms with Crippen LogP contribution >= 0.6 is 0 Å². The molecule has 1 aliphatic heterocycles. The van der Waals surface area contributed by atoms with Gasteiger partial charge in [0, 0.05) is 26.2 Å². The number of ether oxygens (including phenoxy) is 1. The molecule has 1 aromatic rings. The van der Waals surface area contributed by atoms with Gasteiger partial charge in [0.2, 0.25) is 0 Å². The quantitative estimate of drug-likeness (QED) is 0.831. The lowest BCUT2D eigenvalue weighted by Crippen LogP contribution is -2.50. The van der Waals surface area contributed by atoms with Crippen molar-refractivity contribution in [1.82, 2.24) is 9.80 Å². The second-order valence-corrected chi connectivity index (χ2v) is 6.38. The highest BCUT2D eigenvalue weighted by Crippen LogP contribution is 2.18. The minimum absolute atomic E-state index is 0.0661. The Morgan fingerprint density at radius 3 is 2.39 bits per heavy atom. The van der Waals surface area contributed by atoms with Crippen molar-refractivity contribution in [3.05, 3.63) is 29.8 Å². The molecule has 5 heteroatoms. The topological polar surface area (TPSA) is 58.8 Å². The Morgan fingerprint density at radius 2 is 1.83 bits per heavy atom. The predicted molar refractivity (Wildman–Crippen MR) is 92.7 cm³/mol. The lowest BCUT2D eigenvalue weighted by atomic mass is 10.0. The van der Waals surface area contributed by atoms with Crippen LogP contribution < -0.4 is 10.5 Å². The summed E-state index contributed by atoms with van der Waals surface area (Å²) in [5.74, 6) is 1.32. The monoisotopic (exact) mass is 319 g/mol. The SMILES string of the molecule is CC(C)c1ccc(OCC(=O)N2CCN(CCCN)CC2)cc1. The van der Waals surface area contributed by atoms with Crippen LogP contribution in [0, 0.1) is 0 Å². The van der Waals surface area contributed by atoms with E-state index in [-0.39, 0.29) is 12.5 Å². The maximum Gasteiger partial charge on any atom is 0.260 e. The summed E-state index contributed by atoms with van der Waals surface area (Å²) in [7, 11) is 0. The van der Waals surface area contributed by atoms with Crippen LogP contribution in [0.3, 0.4) is 0 Å². The zero-order valence-electron chi connectivity index (χ0n) is 14.3. The number of nitrogens with zero attached hydrogens (tertiary/aromatic N) is 2. The molecule has 128 valence electrons. The Morgan fingerprint density at radius 1 is 1.17 bits per heavy atom. The van der Waals surface area contributed by atoms with Crippen molar-refractivity contribution in [2.75, 3.05) is 45.9 Å². The lowest BCUT2D eigenvalue weighted by Gasteiger charge is -2.34. The Kier molecular flexibility index (Phi) is 6.86. The van der Waals surface area contributed by atoms with Crippen molar-refractivity contribution >= 4 is 5.91 Å². The van der Waals surface area contributed by atoms with Crippen LogP contribution in [-0.2, 0) is 4.79 Å². The summed E-state index contributed by atoms with van der Waals surface area (Å²) in [5, 5.41) is 0. The number of rotatable bonds is 7. The van der Waals surface area contributed by atoms with E-state index in [2.05, 4.69) is 30.9 Å². The predicted octanol–water partition coefficient (Wildman–Crippen LogP) is 1.68. The first-order valence-electron chi connectivity index (χ1n) is 8.53. The van der Waals surface area contributed by atoms with E-state index < -0.39 is 0 Å². The van der Waals surface area contributed by atoms with Gasteiger partial charge in [-0.15, -0.1) is 0 Å². The van der Waals surface area contributed by atoms with Gasteiger partial charge in [0.25, 0.3) is 5.91 Å². The summed E-state index contributed by atoms with van der Waals surface area (Å²) in [6.07, 6.45) is 1.02. The summed E-state index contributed by atoms with van der Waals surface area (Å²) >= 11 is 0. The first-order chi connectivity index (χ1) is 11.1. The fraction of sp³-hybridized carbons (Fsp3) is 0.611. The highest BCUT2D eigenvalue weighted by molar-refractivity contribution is 5.77. The fourth-order valence-corrected chi connectivity index (χ4v) is 2.72. The molecule has 1 heterocycles. The molecule has 0 radical (unpaired) electrons. The third-order valence-electron chi connectivity index (χ3n) is 4.31. The lowest BCUT2D eigenvalue weighted by molar-refractivity contribution is -0.135. The van der Waals surface area contributed by atoms with E-state index in [0.717, 1.165) is 51.4 Å². The number of hydrogen-bond acceptors (Lipinski definition) is 4. The first kappa shape index (κ1) is 17.8. The smallest absolute Gasteiger partial charge is 0.260 e. The number of carbonyl (C=O) groups is 1. The molecular weight excluding hydrogens is 290 g/mol. The summed E-state index contributed by atoms with van der Waals surface area (Å²) in [5.41, 5.74) is 6.81. The van der Waals surface area contributed by atoms with Gasteiger partial charge in [0.05, 0.1) is 0 Å². The molecule has 2 N–H and O–H groups in total. The Bertz CT molecular complexity index is 480. The van der Waals surface area contributed by atoms with E-state index in [0.29, 0.717) is 5.92 Å². The van der Waals surface area contributed by atoms with Crippen molar-refractivity contribution in [2.24, 2.45) is 5.73 Å².